The minimum absolute atomic E-state index is 0.265. The SMILES string of the molecule is CON(c1nc2ccccn2n1)c1ccccc1F. The second-order valence-electron chi connectivity index (χ2n) is 3.84. The van der Waals surface area contributed by atoms with Crippen LogP contribution in [0.15, 0.2) is 48.7 Å². The van der Waals surface area contributed by atoms with Gasteiger partial charge in [0.1, 0.15) is 11.5 Å². The molecule has 0 amide bonds. The maximum absolute atomic E-state index is 13.8. The number of hydrogen-bond acceptors (Lipinski definition) is 4. The molecule has 0 bridgehead atoms. The number of pyridine rings is 1. The van der Waals surface area contributed by atoms with Crippen molar-refractivity contribution < 1.29 is 9.23 Å². The first-order valence-corrected chi connectivity index (χ1v) is 5.70. The summed E-state index contributed by atoms with van der Waals surface area (Å²) in [5.41, 5.74) is 0.928. The average Bonchev–Trinajstić information content (AvgIpc) is 2.85. The molecule has 0 saturated carbocycles. The summed E-state index contributed by atoms with van der Waals surface area (Å²) in [5, 5.41) is 5.49. The smallest absolute Gasteiger partial charge is 0.269 e. The maximum Gasteiger partial charge on any atom is 0.274 e. The van der Waals surface area contributed by atoms with Crippen LogP contribution in [0.1, 0.15) is 0 Å². The third-order valence-electron chi connectivity index (χ3n) is 2.67. The van der Waals surface area contributed by atoms with Crippen LogP contribution in [0, 0.1) is 5.82 Å². The van der Waals surface area contributed by atoms with Gasteiger partial charge >= 0.3 is 0 Å². The molecule has 0 radical (unpaired) electrons. The highest BCUT2D eigenvalue weighted by atomic mass is 19.1. The average molecular weight is 258 g/mol. The third-order valence-corrected chi connectivity index (χ3v) is 2.67. The molecule has 0 saturated heterocycles. The number of rotatable bonds is 3. The number of hydrogen-bond donors (Lipinski definition) is 0. The first-order chi connectivity index (χ1) is 9.29. The van der Waals surface area contributed by atoms with E-state index in [0.717, 1.165) is 0 Å². The van der Waals surface area contributed by atoms with Crippen LogP contribution < -0.4 is 5.06 Å². The topological polar surface area (TPSA) is 42.7 Å². The number of halogens is 1. The van der Waals surface area contributed by atoms with E-state index in [-0.39, 0.29) is 11.6 Å². The molecule has 0 atom stereocenters. The molecule has 0 aliphatic carbocycles. The summed E-state index contributed by atoms with van der Waals surface area (Å²) in [6.07, 6.45) is 1.76. The number of aromatic nitrogens is 3. The van der Waals surface area contributed by atoms with Gasteiger partial charge in [-0.3, -0.25) is 4.84 Å². The number of fused-ring (bicyclic) bond motifs is 1. The molecule has 0 N–H and O–H groups in total. The van der Waals surface area contributed by atoms with Gasteiger partial charge in [0.25, 0.3) is 5.95 Å². The van der Waals surface area contributed by atoms with Crippen molar-refractivity contribution in [2.45, 2.75) is 0 Å². The van der Waals surface area contributed by atoms with Gasteiger partial charge in [0.15, 0.2) is 5.65 Å². The van der Waals surface area contributed by atoms with Gasteiger partial charge in [0, 0.05) is 6.20 Å². The maximum atomic E-state index is 13.8. The highest BCUT2D eigenvalue weighted by Crippen LogP contribution is 2.25. The molecule has 0 aliphatic rings. The number of benzene rings is 1. The zero-order valence-electron chi connectivity index (χ0n) is 10.2. The molecule has 5 nitrogen and oxygen atoms in total. The Morgan fingerprint density at radius 3 is 2.68 bits per heavy atom. The first-order valence-electron chi connectivity index (χ1n) is 5.70. The highest BCUT2D eigenvalue weighted by Gasteiger charge is 2.17. The normalized spacial score (nSPS) is 10.8. The molecule has 0 fully saturated rings. The number of anilines is 2. The molecule has 19 heavy (non-hydrogen) atoms. The molecule has 6 heteroatoms. The van der Waals surface area contributed by atoms with Gasteiger partial charge in [-0.1, -0.05) is 18.2 Å². The van der Waals surface area contributed by atoms with E-state index in [1.165, 1.54) is 18.2 Å². The van der Waals surface area contributed by atoms with Crippen molar-refractivity contribution >= 4 is 17.3 Å². The van der Waals surface area contributed by atoms with Gasteiger partial charge in [0.05, 0.1) is 7.11 Å². The fourth-order valence-corrected chi connectivity index (χ4v) is 1.81. The van der Waals surface area contributed by atoms with Crippen LogP contribution in [0.3, 0.4) is 0 Å². The lowest BCUT2D eigenvalue weighted by Gasteiger charge is -2.17. The monoisotopic (exact) mass is 258 g/mol. The van der Waals surface area contributed by atoms with E-state index in [4.69, 9.17) is 4.84 Å². The zero-order valence-corrected chi connectivity index (χ0v) is 10.2. The molecular weight excluding hydrogens is 247 g/mol. The van der Waals surface area contributed by atoms with Gasteiger partial charge < -0.3 is 0 Å². The Balaban J connectivity index is 2.09. The quantitative estimate of drug-likeness (QED) is 0.677. The molecular formula is C13H11FN4O. The summed E-state index contributed by atoms with van der Waals surface area (Å²) in [4.78, 5) is 9.48. The Kier molecular flexibility index (Phi) is 2.85. The minimum atomic E-state index is -0.400. The van der Waals surface area contributed by atoms with Crippen molar-refractivity contribution in [2.24, 2.45) is 0 Å². The second kappa shape index (κ2) is 4.66. The Bertz CT molecular complexity index is 679. The summed E-state index contributed by atoms with van der Waals surface area (Å²) in [6, 6.07) is 11.8. The first kappa shape index (κ1) is 11.6. The van der Waals surface area contributed by atoms with Crippen molar-refractivity contribution in [3.8, 4) is 0 Å². The van der Waals surface area contributed by atoms with Crippen LogP contribution in [0.4, 0.5) is 16.0 Å². The van der Waals surface area contributed by atoms with Gasteiger partial charge in [-0.2, -0.15) is 10.0 Å². The molecule has 3 aromatic rings. The third kappa shape index (κ3) is 2.02. The molecule has 2 aromatic heterocycles. The van der Waals surface area contributed by atoms with E-state index in [2.05, 4.69) is 10.1 Å². The van der Waals surface area contributed by atoms with E-state index in [1.807, 2.05) is 18.2 Å². The number of para-hydroxylation sites is 1. The summed E-state index contributed by atoms with van der Waals surface area (Å²) >= 11 is 0. The fourth-order valence-electron chi connectivity index (χ4n) is 1.81. The van der Waals surface area contributed by atoms with E-state index in [0.29, 0.717) is 5.65 Å². The van der Waals surface area contributed by atoms with Crippen LogP contribution in [-0.2, 0) is 4.84 Å². The summed E-state index contributed by atoms with van der Waals surface area (Å²) in [7, 11) is 1.44. The molecule has 0 spiro atoms. The fraction of sp³-hybridized carbons (Fsp3) is 0.0769. The molecule has 2 heterocycles. The van der Waals surface area contributed by atoms with Crippen LogP contribution >= 0.6 is 0 Å². The van der Waals surface area contributed by atoms with Gasteiger partial charge in [-0.05, 0) is 24.3 Å². The Morgan fingerprint density at radius 2 is 1.95 bits per heavy atom. The predicted molar refractivity (Wildman–Crippen MR) is 68.5 cm³/mol. The highest BCUT2D eigenvalue weighted by molar-refractivity contribution is 5.57. The molecule has 3 rings (SSSR count). The lowest BCUT2D eigenvalue weighted by molar-refractivity contribution is 0.194. The van der Waals surface area contributed by atoms with Crippen molar-refractivity contribution in [3.05, 3.63) is 54.5 Å². The van der Waals surface area contributed by atoms with E-state index in [9.17, 15) is 4.39 Å². The summed E-state index contributed by atoms with van der Waals surface area (Å²) in [5.74, 6) is -0.123. The van der Waals surface area contributed by atoms with Gasteiger partial charge in [-0.25, -0.2) is 8.91 Å². The van der Waals surface area contributed by atoms with Gasteiger partial charge in [0.2, 0.25) is 0 Å². The second-order valence-corrected chi connectivity index (χ2v) is 3.84. The zero-order chi connectivity index (χ0) is 13.2. The standard InChI is InChI=1S/C13H11FN4O/c1-19-18(11-7-3-2-6-10(11)14)13-15-12-8-4-5-9-17(12)16-13/h2-9H,1H3. The van der Waals surface area contributed by atoms with E-state index < -0.39 is 5.82 Å². The van der Waals surface area contributed by atoms with E-state index in [1.54, 1.807) is 28.9 Å². The van der Waals surface area contributed by atoms with Crippen molar-refractivity contribution in [3.63, 3.8) is 0 Å². The largest absolute Gasteiger partial charge is 0.274 e. The molecule has 0 aliphatic heterocycles. The summed E-state index contributed by atoms with van der Waals surface area (Å²) < 4.78 is 15.4. The van der Waals surface area contributed by atoms with Crippen LogP contribution in [-0.4, -0.2) is 21.7 Å². The van der Waals surface area contributed by atoms with Crippen LogP contribution in [0.25, 0.3) is 5.65 Å². The lowest BCUT2D eigenvalue weighted by Crippen LogP contribution is -2.17. The minimum Gasteiger partial charge on any atom is -0.269 e. The van der Waals surface area contributed by atoms with Crippen molar-refractivity contribution in [1.82, 2.24) is 14.6 Å². The van der Waals surface area contributed by atoms with Crippen molar-refractivity contribution in [1.29, 1.82) is 0 Å². The Labute approximate surface area is 108 Å². The van der Waals surface area contributed by atoms with Crippen LogP contribution in [0.2, 0.25) is 0 Å². The Hall–Kier alpha value is -2.47. The van der Waals surface area contributed by atoms with E-state index >= 15 is 0 Å². The Morgan fingerprint density at radius 1 is 1.16 bits per heavy atom. The van der Waals surface area contributed by atoms with Crippen molar-refractivity contribution in [2.75, 3.05) is 12.2 Å². The van der Waals surface area contributed by atoms with Crippen LogP contribution in [0.5, 0.6) is 0 Å². The van der Waals surface area contributed by atoms with Gasteiger partial charge in [-0.15, -0.1) is 5.10 Å². The molecule has 0 unspecified atom stereocenters. The summed E-state index contributed by atoms with van der Waals surface area (Å²) in [6.45, 7) is 0. The predicted octanol–water partition coefficient (Wildman–Crippen LogP) is 2.57. The lowest BCUT2D eigenvalue weighted by atomic mass is 10.3. The molecule has 1 aromatic carbocycles. The molecule has 96 valence electrons. The number of nitrogens with zero attached hydrogens (tertiary/aromatic N) is 4.